The molecule has 8 unspecified atom stereocenters. The highest BCUT2D eigenvalue weighted by Crippen LogP contribution is 2.77. The van der Waals surface area contributed by atoms with Crippen LogP contribution in [0.4, 0.5) is 0 Å². The van der Waals surface area contributed by atoms with Gasteiger partial charge in [-0.05, 0) is 140 Å². The number of carbonyl (C=O) groups is 3. The van der Waals surface area contributed by atoms with Crippen molar-refractivity contribution in [3.8, 4) is 0 Å². The van der Waals surface area contributed by atoms with E-state index < -0.39 is 11.4 Å². The summed E-state index contributed by atoms with van der Waals surface area (Å²) in [5.74, 6) is 2.55. The molecule has 0 spiro atoms. The first-order chi connectivity index (χ1) is 25.2. The second-order valence-corrected chi connectivity index (χ2v) is 21.1. The number of benzene rings is 1. The van der Waals surface area contributed by atoms with Crippen LogP contribution in [0, 0.1) is 62.1 Å². The number of aromatic nitrogens is 2. The molecule has 0 radical (unpaired) electrons. The molecule has 1 heterocycles. The third kappa shape index (κ3) is 6.16. The molecule has 294 valence electrons. The van der Waals surface area contributed by atoms with Gasteiger partial charge in [0.1, 0.15) is 5.78 Å². The molecular weight excluding hydrogens is 696 g/mol. The Morgan fingerprint density at radius 3 is 2.26 bits per heavy atom. The van der Waals surface area contributed by atoms with E-state index in [2.05, 4.69) is 58.7 Å². The summed E-state index contributed by atoms with van der Waals surface area (Å²) in [6, 6.07) is 7.74. The maximum atomic E-state index is 14.1. The van der Waals surface area contributed by atoms with Crippen LogP contribution >= 0.6 is 11.6 Å². The molecule has 0 aliphatic heterocycles. The average molecular weight is 759 g/mol. The Bertz CT molecular complexity index is 1860. The normalized spacial score (nSPS) is 36.0. The number of halogens is 1. The van der Waals surface area contributed by atoms with Crippen LogP contribution in [0.1, 0.15) is 150 Å². The van der Waals surface area contributed by atoms with Gasteiger partial charge in [0.2, 0.25) is 11.8 Å². The van der Waals surface area contributed by atoms with Crippen LogP contribution in [0.15, 0.2) is 39.8 Å². The summed E-state index contributed by atoms with van der Waals surface area (Å²) in [5.41, 5.74) is 2.57. The maximum absolute atomic E-state index is 14.1. The van der Waals surface area contributed by atoms with Crippen LogP contribution < -0.4 is 0 Å². The molecule has 0 saturated heterocycles. The number of hydrogen-bond donors (Lipinski definition) is 1. The van der Waals surface area contributed by atoms with E-state index in [0.717, 1.165) is 62.5 Å². The molecule has 1 aromatic heterocycles. The lowest BCUT2D eigenvalue weighted by molar-refractivity contribution is -0.221. The van der Waals surface area contributed by atoms with Crippen molar-refractivity contribution in [2.75, 3.05) is 0 Å². The number of carboxylic acid groups (broad SMARTS) is 1. The van der Waals surface area contributed by atoms with Crippen molar-refractivity contribution >= 4 is 29.1 Å². The van der Waals surface area contributed by atoms with Gasteiger partial charge < -0.3 is 9.52 Å². The summed E-state index contributed by atoms with van der Waals surface area (Å²) in [5, 5.41) is 19.4. The van der Waals surface area contributed by atoms with E-state index in [4.69, 9.17) is 16.0 Å². The molecule has 1 N–H and O–H groups in total. The number of aliphatic carboxylic acids is 1. The molecular formula is C46H63ClN2O5. The van der Waals surface area contributed by atoms with Gasteiger partial charge in [-0.2, -0.15) is 0 Å². The standard InChI is InChI=1S/C46H63ClN2O5/c1-27(2)38-33(51)25-46(26-37-49-48-36(54-37)22-28-10-12-30(47)13-11-28)21-20-44(8)32(39(38)46)14-15-35-43(7)18-16-29(23-31(50)24-41(3,4)40(52)53)42(5,6)34(43)17-19-45(35,44)9/h10-13,27,29,32,34-35H,14-26H2,1-9H3,(H,52,53). The number of carboxylic acids is 1. The topological polar surface area (TPSA) is 110 Å². The molecule has 2 aromatic rings. The van der Waals surface area contributed by atoms with E-state index >= 15 is 0 Å². The minimum Gasteiger partial charge on any atom is -0.481 e. The number of Topliss-reactive ketones (excluding diaryl/α,β-unsaturated/α-hetero) is 2. The van der Waals surface area contributed by atoms with Gasteiger partial charge in [0.05, 0.1) is 11.8 Å². The van der Waals surface area contributed by atoms with Crippen LogP contribution in [-0.4, -0.2) is 32.8 Å². The Labute approximate surface area is 327 Å². The Kier molecular flexibility index (Phi) is 9.79. The third-order valence-corrected chi connectivity index (χ3v) is 17.0. The number of carbonyl (C=O) groups excluding carboxylic acids is 2. The molecule has 7 nitrogen and oxygen atoms in total. The first kappa shape index (κ1) is 39.4. The Morgan fingerprint density at radius 2 is 1.59 bits per heavy atom. The molecule has 8 atom stereocenters. The van der Waals surface area contributed by atoms with E-state index in [9.17, 15) is 19.5 Å². The van der Waals surface area contributed by atoms with Crippen molar-refractivity contribution in [2.45, 2.75) is 146 Å². The van der Waals surface area contributed by atoms with Gasteiger partial charge >= 0.3 is 5.97 Å². The largest absolute Gasteiger partial charge is 0.481 e. The second kappa shape index (κ2) is 13.4. The Balaban J connectivity index is 1.15. The molecule has 1 aromatic carbocycles. The van der Waals surface area contributed by atoms with E-state index in [1.165, 1.54) is 5.57 Å². The molecule has 5 aliphatic rings. The highest BCUT2D eigenvalue weighted by atomic mass is 35.5. The molecule has 8 heteroatoms. The van der Waals surface area contributed by atoms with Crippen molar-refractivity contribution < 1.29 is 23.9 Å². The van der Waals surface area contributed by atoms with Gasteiger partial charge in [0.25, 0.3) is 0 Å². The van der Waals surface area contributed by atoms with Gasteiger partial charge in [0, 0.05) is 36.1 Å². The minimum atomic E-state index is -1.04. The fraction of sp³-hybridized carbons (Fsp3) is 0.717. The van der Waals surface area contributed by atoms with Gasteiger partial charge in [-0.15, -0.1) is 10.2 Å². The number of hydrogen-bond acceptors (Lipinski definition) is 6. The molecule has 4 fully saturated rings. The number of nitrogens with zero attached hydrogens (tertiary/aromatic N) is 2. The summed E-state index contributed by atoms with van der Waals surface area (Å²) >= 11 is 6.11. The van der Waals surface area contributed by atoms with Crippen molar-refractivity contribution in [3.05, 3.63) is 57.8 Å². The number of allylic oxidation sites excluding steroid dienone is 2. The zero-order valence-corrected chi connectivity index (χ0v) is 35.0. The zero-order valence-electron chi connectivity index (χ0n) is 34.2. The van der Waals surface area contributed by atoms with Crippen molar-refractivity contribution in [2.24, 2.45) is 62.1 Å². The molecule has 0 amide bonds. The van der Waals surface area contributed by atoms with Crippen molar-refractivity contribution in [1.82, 2.24) is 10.2 Å². The Hall–Kier alpha value is -2.80. The van der Waals surface area contributed by atoms with Gasteiger partial charge in [0.15, 0.2) is 5.78 Å². The summed E-state index contributed by atoms with van der Waals surface area (Å²) in [6.45, 7) is 20.3. The van der Waals surface area contributed by atoms with Gasteiger partial charge in [-0.25, -0.2) is 0 Å². The fourth-order valence-electron chi connectivity index (χ4n) is 13.8. The highest BCUT2D eigenvalue weighted by molar-refractivity contribution is 6.30. The SMILES string of the molecule is CC(C)C1=C2C3CCC4C5(C)CCC(CC(=O)CC(C)(C)C(=O)O)C(C)(C)C5CCC4(C)C3(C)CCC2(Cc2nnc(Cc3ccc(Cl)cc3)o2)CC1=O. The lowest BCUT2D eigenvalue weighted by Crippen LogP contribution is -2.65. The quantitative estimate of drug-likeness (QED) is 0.257. The molecule has 54 heavy (non-hydrogen) atoms. The highest BCUT2D eigenvalue weighted by Gasteiger charge is 2.70. The smallest absolute Gasteiger partial charge is 0.309 e. The van der Waals surface area contributed by atoms with Gasteiger partial charge in [-0.1, -0.05) is 77.8 Å². The van der Waals surface area contributed by atoms with Crippen molar-refractivity contribution in [1.29, 1.82) is 0 Å². The van der Waals surface area contributed by atoms with E-state index in [0.29, 0.717) is 66.0 Å². The van der Waals surface area contributed by atoms with Crippen LogP contribution in [0.3, 0.4) is 0 Å². The number of rotatable bonds is 10. The van der Waals surface area contributed by atoms with Gasteiger partial charge in [-0.3, -0.25) is 14.4 Å². The monoisotopic (exact) mass is 758 g/mol. The lowest BCUT2D eigenvalue weighted by atomic mass is 9.32. The van der Waals surface area contributed by atoms with E-state index in [-0.39, 0.29) is 51.1 Å². The summed E-state index contributed by atoms with van der Waals surface area (Å²) in [6.07, 6.45) is 11.0. The summed E-state index contributed by atoms with van der Waals surface area (Å²) < 4.78 is 6.34. The summed E-state index contributed by atoms with van der Waals surface area (Å²) in [7, 11) is 0. The predicted molar refractivity (Wildman–Crippen MR) is 211 cm³/mol. The fourth-order valence-corrected chi connectivity index (χ4v) is 13.9. The first-order valence-corrected chi connectivity index (χ1v) is 21.1. The zero-order chi connectivity index (χ0) is 39.2. The van der Waals surface area contributed by atoms with Crippen LogP contribution in [0.2, 0.25) is 5.02 Å². The number of fused-ring (bicyclic) bond motifs is 7. The second-order valence-electron chi connectivity index (χ2n) is 20.7. The molecule has 0 bridgehead atoms. The third-order valence-electron chi connectivity index (χ3n) is 16.8. The van der Waals surface area contributed by atoms with Crippen LogP contribution in [-0.2, 0) is 27.2 Å². The predicted octanol–water partition coefficient (Wildman–Crippen LogP) is 10.9. The van der Waals surface area contributed by atoms with Crippen LogP contribution in [0.25, 0.3) is 0 Å². The Morgan fingerprint density at radius 1 is 0.907 bits per heavy atom. The lowest BCUT2D eigenvalue weighted by Gasteiger charge is -2.72. The summed E-state index contributed by atoms with van der Waals surface area (Å²) in [4.78, 5) is 39.3. The van der Waals surface area contributed by atoms with E-state index in [1.54, 1.807) is 13.8 Å². The first-order valence-electron chi connectivity index (χ1n) is 20.8. The molecule has 7 rings (SSSR count). The van der Waals surface area contributed by atoms with Crippen molar-refractivity contribution in [3.63, 3.8) is 0 Å². The molecule has 5 aliphatic carbocycles. The van der Waals surface area contributed by atoms with E-state index in [1.807, 2.05) is 24.3 Å². The number of ketones is 2. The minimum absolute atomic E-state index is 0.0153. The van der Waals surface area contributed by atoms with Crippen LogP contribution in [0.5, 0.6) is 0 Å². The maximum Gasteiger partial charge on any atom is 0.309 e. The molecule has 4 saturated carbocycles. The average Bonchev–Trinajstić information content (AvgIpc) is 3.63.